The number of carbonyl (C=O) groups is 1. The van der Waals surface area contributed by atoms with Gasteiger partial charge in [0.15, 0.2) is 0 Å². The molecule has 1 fully saturated rings. The van der Waals surface area contributed by atoms with Crippen LogP contribution in [-0.4, -0.2) is 34.4 Å². The zero-order valence-electron chi connectivity index (χ0n) is 18.3. The molecule has 0 saturated carbocycles. The standard InChI is InChI=1S/C27H27N3O2/c1-32-22-9-4-7-19(16-22)15-21-8-5-12-25(29-21)26-13-6-14-30(26)27(31)17-20-18-28-24-11-3-2-10-23(20)24/h2-5,7-12,16,18,26,28H,6,13-15,17H2,1H3/t26-/m0/s1. The third kappa shape index (κ3) is 4.11. The number of aromatic nitrogens is 2. The van der Waals surface area contributed by atoms with Crippen molar-refractivity contribution in [2.75, 3.05) is 13.7 Å². The lowest BCUT2D eigenvalue weighted by molar-refractivity contribution is -0.131. The third-order valence-electron chi connectivity index (χ3n) is 6.28. The highest BCUT2D eigenvalue weighted by Crippen LogP contribution is 2.32. The van der Waals surface area contributed by atoms with Crippen molar-refractivity contribution in [3.05, 3.63) is 95.4 Å². The van der Waals surface area contributed by atoms with Crippen molar-refractivity contribution in [3.63, 3.8) is 0 Å². The maximum Gasteiger partial charge on any atom is 0.227 e. The summed E-state index contributed by atoms with van der Waals surface area (Å²) in [4.78, 5) is 23.5. The highest BCUT2D eigenvalue weighted by atomic mass is 16.5. The number of ether oxygens (including phenoxy) is 1. The first-order valence-electron chi connectivity index (χ1n) is 11.1. The number of carbonyl (C=O) groups excluding carboxylic acids is 1. The molecule has 1 saturated heterocycles. The number of fused-ring (bicyclic) bond motifs is 1. The lowest BCUT2D eigenvalue weighted by atomic mass is 10.1. The van der Waals surface area contributed by atoms with Gasteiger partial charge in [-0.2, -0.15) is 0 Å². The Hall–Kier alpha value is -3.60. The number of aromatic amines is 1. The van der Waals surface area contributed by atoms with Crippen LogP contribution in [0.4, 0.5) is 0 Å². The molecule has 0 aliphatic carbocycles. The van der Waals surface area contributed by atoms with E-state index >= 15 is 0 Å². The maximum atomic E-state index is 13.3. The van der Waals surface area contributed by atoms with Gasteiger partial charge >= 0.3 is 0 Å². The van der Waals surface area contributed by atoms with Crippen LogP contribution >= 0.6 is 0 Å². The van der Waals surface area contributed by atoms with Crippen molar-refractivity contribution in [2.45, 2.75) is 31.7 Å². The SMILES string of the molecule is COc1cccc(Cc2cccc([C@@H]3CCCN3C(=O)Cc3c[nH]c4ccccc34)n2)c1. The molecule has 5 nitrogen and oxygen atoms in total. The van der Waals surface area contributed by atoms with Gasteiger partial charge in [0.2, 0.25) is 5.91 Å². The zero-order chi connectivity index (χ0) is 21.9. The molecule has 1 atom stereocenters. The molecule has 1 amide bonds. The number of hydrogen-bond donors (Lipinski definition) is 1. The summed E-state index contributed by atoms with van der Waals surface area (Å²) in [5.41, 5.74) is 5.27. The van der Waals surface area contributed by atoms with E-state index in [2.05, 4.69) is 35.3 Å². The highest BCUT2D eigenvalue weighted by molar-refractivity contribution is 5.89. The number of amides is 1. The topological polar surface area (TPSA) is 58.2 Å². The molecule has 0 radical (unpaired) electrons. The molecule has 32 heavy (non-hydrogen) atoms. The van der Waals surface area contributed by atoms with Crippen LogP contribution in [0.1, 0.15) is 41.4 Å². The van der Waals surface area contributed by atoms with E-state index < -0.39 is 0 Å². The Balaban J connectivity index is 1.33. The van der Waals surface area contributed by atoms with Crippen molar-refractivity contribution in [1.29, 1.82) is 0 Å². The molecule has 2 aromatic heterocycles. The van der Waals surface area contributed by atoms with Gasteiger partial charge in [-0.05, 0) is 54.3 Å². The normalized spacial score (nSPS) is 15.9. The number of nitrogens with zero attached hydrogens (tertiary/aromatic N) is 2. The maximum absolute atomic E-state index is 13.3. The number of para-hydroxylation sites is 1. The summed E-state index contributed by atoms with van der Waals surface area (Å²) in [6.07, 6.45) is 5.06. The molecule has 4 aromatic rings. The average molecular weight is 426 g/mol. The summed E-state index contributed by atoms with van der Waals surface area (Å²) in [5, 5.41) is 1.12. The van der Waals surface area contributed by atoms with Gasteiger partial charge in [0.05, 0.1) is 25.3 Å². The van der Waals surface area contributed by atoms with Gasteiger partial charge in [0.1, 0.15) is 5.75 Å². The van der Waals surface area contributed by atoms with Gasteiger partial charge in [0, 0.05) is 35.8 Å². The molecule has 0 bridgehead atoms. The van der Waals surface area contributed by atoms with E-state index in [9.17, 15) is 4.79 Å². The summed E-state index contributed by atoms with van der Waals surface area (Å²) in [5.74, 6) is 1.01. The van der Waals surface area contributed by atoms with E-state index in [4.69, 9.17) is 9.72 Å². The molecule has 162 valence electrons. The number of rotatable bonds is 6. The highest BCUT2D eigenvalue weighted by Gasteiger charge is 2.31. The largest absolute Gasteiger partial charge is 0.497 e. The summed E-state index contributed by atoms with van der Waals surface area (Å²) in [6, 6.07) is 22.4. The first kappa shape index (κ1) is 20.3. The van der Waals surface area contributed by atoms with Crippen molar-refractivity contribution in [2.24, 2.45) is 0 Å². The molecular formula is C27H27N3O2. The monoisotopic (exact) mass is 425 g/mol. The predicted octanol–water partition coefficient (Wildman–Crippen LogP) is 5.07. The quantitative estimate of drug-likeness (QED) is 0.469. The van der Waals surface area contributed by atoms with Crippen LogP contribution < -0.4 is 4.74 Å². The number of benzene rings is 2. The second-order valence-corrected chi connectivity index (χ2v) is 8.36. The molecular weight excluding hydrogens is 398 g/mol. The van der Waals surface area contributed by atoms with Crippen LogP contribution in [-0.2, 0) is 17.6 Å². The van der Waals surface area contributed by atoms with Crippen LogP contribution in [0.25, 0.3) is 10.9 Å². The Morgan fingerprint density at radius 2 is 2.00 bits per heavy atom. The minimum absolute atomic E-state index is 0.0398. The Morgan fingerprint density at radius 3 is 2.91 bits per heavy atom. The van der Waals surface area contributed by atoms with E-state index in [1.54, 1.807) is 7.11 Å². The number of pyridine rings is 1. The number of H-pyrrole nitrogens is 1. The van der Waals surface area contributed by atoms with Crippen LogP contribution in [0.5, 0.6) is 5.75 Å². The van der Waals surface area contributed by atoms with Gasteiger partial charge in [-0.15, -0.1) is 0 Å². The fourth-order valence-electron chi connectivity index (χ4n) is 4.69. The molecule has 0 unspecified atom stereocenters. The first-order valence-corrected chi connectivity index (χ1v) is 11.1. The number of methoxy groups -OCH3 is 1. The second-order valence-electron chi connectivity index (χ2n) is 8.36. The fourth-order valence-corrected chi connectivity index (χ4v) is 4.69. The number of nitrogens with one attached hydrogen (secondary N) is 1. The van der Waals surface area contributed by atoms with E-state index in [1.807, 2.05) is 47.5 Å². The third-order valence-corrected chi connectivity index (χ3v) is 6.28. The van der Waals surface area contributed by atoms with Gasteiger partial charge in [-0.1, -0.05) is 36.4 Å². The zero-order valence-corrected chi connectivity index (χ0v) is 18.3. The van der Waals surface area contributed by atoms with E-state index in [-0.39, 0.29) is 11.9 Å². The summed E-state index contributed by atoms with van der Waals surface area (Å²) < 4.78 is 5.34. The van der Waals surface area contributed by atoms with Crippen molar-refractivity contribution < 1.29 is 9.53 Å². The molecule has 2 aromatic carbocycles. The Bertz CT molecular complexity index is 1250. The van der Waals surface area contributed by atoms with E-state index in [0.717, 1.165) is 65.0 Å². The summed E-state index contributed by atoms with van der Waals surface area (Å²) >= 11 is 0. The molecule has 1 aliphatic heterocycles. The molecule has 0 spiro atoms. The van der Waals surface area contributed by atoms with Gasteiger partial charge in [-0.25, -0.2) is 0 Å². The minimum atomic E-state index is 0.0398. The smallest absolute Gasteiger partial charge is 0.227 e. The first-order chi connectivity index (χ1) is 15.7. The van der Waals surface area contributed by atoms with Crippen LogP contribution in [0, 0.1) is 0 Å². The number of likely N-dealkylation sites (tertiary alicyclic amines) is 1. The lowest BCUT2D eigenvalue weighted by Gasteiger charge is -2.25. The molecule has 3 heterocycles. The minimum Gasteiger partial charge on any atom is -0.497 e. The molecule has 5 rings (SSSR count). The molecule has 5 heteroatoms. The van der Waals surface area contributed by atoms with Gasteiger partial charge in [0.25, 0.3) is 0 Å². The second kappa shape index (κ2) is 8.87. The van der Waals surface area contributed by atoms with Crippen LogP contribution in [0.15, 0.2) is 72.9 Å². The average Bonchev–Trinajstić information content (AvgIpc) is 3.47. The summed E-state index contributed by atoms with van der Waals surface area (Å²) in [7, 11) is 1.68. The number of hydrogen-bond acceptors (Lipinski definition) is 3. The molecule has 1 N–H and O–H groups in total. The van der Waals surface area contributed by atoms with Crippen molar-refractivity contribution in [3.8, 4) is 5.75 Å². The van der Waals surface area contributed by atoms with Gasteiger partial charge < -0.3 is 14.6 Å². The Morgan fingerprint density at radius 1 is 1.12 bits per heavy atom. The van der Waals surface area contributed by atoms with Crippen LogP contribution in [0.2, 0.25) is 0 Å². The summed E-state index contributed by atoms with van der Waals surface area (Å²) in [6.45, 7) is 0.785. The van der Waals surface area contributed by atoms with Crippen molar-refractivity contribution in [1.82, 2.24) is 14.9 Å². The predicted molar refractivity (Wildman–Crippen MR) is 126 cm³/mol. The van der Waals surface area contributed by atoms with Crippen molar-refractivity contribution >= 4 is 16.8 Å². The van der Waals surface area contributed by atoms with E-state index in [0.29, 0.717) is 6.42 Å². The molecule has 1 aliphatic rings. The fraction of sp³-hybridized carbons (Fsp3) is 0.259. The lowest BCUT2D eigenvalue weighted by Crippen LogP contribution is -2.32. The Kier molecular flexibility index (Phi) is 5.63. The van der Waals surface area contributed by atoms with E-state index in [1.165, 1.54) is 0 Å². The van der Waals surface area contributed by atoms with Gasteiger partial charge in [-0.3, -0.25) is 9.78 Å². The van der Waals surface area contributed by atoms with Crippen LogP contribution in [0.3, 0.4) is 0 Å². The Labute approximate surface area is 188 Å².